The van der Waals surface area contributed by atoms with Crippen LogP contribution in [0, 0.1) is 0 Å². The SMILES string of the molecule is O=C(CCCCCCOc1ccc(-c2ccc3ncc4ccc(=O)n(-c5cccc(C(F)(F)F)c5)c4c3n2)cn1)NO. The molecule has 0 saturated carbocycles. The molecular formula is C30H26F3N5O4. The number of nitrogens with zero attached hydrogens (tertiary/aromatic N) is 4. The molecule has 1 amide bonds. The number of halogens is 3. The molecule has 4 aromatic heterocycles. The molecule has 0 aliphatic carbocycles. The van der Waals surface area contributed by atoms with Crippen molar-refractivity contribution in [3.63, 3.8) is 0 Å². The molecule has 0 saturated heterocycles. The van der Waals surface area contributed by atoms with E-state index in [-0.39, 0.29) is 12.1 Å². The van der Waals surface area contributed by atoms with E-state index < -0.39 is 23.2 Å². The van der Waals surface area contributed by atoms with Crippen molar-refractivity contribution in [3.8, 4) is 22.8 Å². The summed E-state index contributed by atoms with van der Waals surface area (Å²) in [6.45, 7) is 0.456. The Kier molecular flexibility index (Phi) is 8.43. The van der Waals surface area contributed by atoms with Gasteiger partial charge in [-0.1, -0.05) is 18.9 Å². The number of fused-ring (bicyclic) bond motifs is 3. The summed E-state index contributed by atoms with van der Waals surface area (Å²) in [5.41, 5.74) is 2.70. The first-order chi connectivity index (χ1) is 20.2. The maximum absolute atomic E-state index is 13.4. The van der Waals surface area contributed by atoms with Gasteiger partial charge in [-0.15, -0.1) is 0 Å². The molecule has 12 heteroatoms. The van der Waals surface area contributed by atoms with Gasteiger partial charge in [-0.3, -0.25) is 24.3 Å². The van der Waals surface area contributed by atoms with E-state index in [0.29, 0.717) is 52.1 Å². The lowest BCUT2D eigenvalue weighted by Crippen LogP contribution is -2.18. The summed E-state index contributed by atoms with van der Waals surface area (Å²) in [5, 5.41) is 9.04. The summed E-state index contributed by atoms with van der Waals surface area (Å²) < 4.78 is 47.3. The zero-order valence-corrected chi connectivity index (χ0v) is 22.3. The standard InChI is InChI=1S/C30H26F3N5O4/c31-30(32,33)21-6-5-7-22(16-21)38-27(40)14-10-20-18-34-24-12-11-23(36-28(24)29(20)38)19-9-13-26(35-17-19)42-15-4-2-1-3-8-25(39)37-41/h5-7,9-14,16-18,41H,1-4,8,15H2,(H,37,39). The Morgan fingerprint density at radius 1 is 0.952 bits per heavy atom. The smallest absolute Gasteiger partial charge is 0.416 e. The van der Waals surface area contributed by atoms with Crippen LogP contribution in [0.5, 0.6) is 5.88 Å². The van der Waals surface area contributed by atoms with Crippen LogP contribution in [0.3, 0.4) is 0 Å². The van der Waals surface area contributed by atoms with Crippen molar-refractivity contribution in [2.24, 2.45) is 0 Å². The van der Waals surface area contributed by atoms with Crippen LogP contribution >= 0.6 is 0 Å². The van der Waals surface area contributed by atoms with Gasteiger partial charge in [-0.05, 0) is 55.3 Å². The van der Waals surface area contributed by atoms with Crippen molar-refractivity contribution in [2.45, 2.75) is 38.3 Å². The fraction of sp³-hybridized carbons (Fsp3) is 0.233. The Balaban J connectivity index is 1.40. The first kappa shape index (κ1) is 28.7. The normalized spacial score (nSPS) is 11.6. The zero-order valence-electron chi connectivity index (χ0n) is 22.3. The summed E-state index contributed by atoms with van der Waals surface area (Å²) in [6.07, 6.45) is 2.04. The van der Waals surface area contributed by atoms with Crippen LogP contribution in [0.4, 0.5) is 13.2 Å². The predicted molar refractivity (Wildman–Crippen MR) is 149 cm³/mol. The minimum Gasteiger partial charge on any atom is -0.478 e. The maximum atomic E-state index is 13.4. The molecular weight excluding hydrogens is 551 g/mol. The van der Waals surface area contributed by atoms with E-state index in [1.807, 2.05) is 0 Å². The van der Waals surface area contributed by atoms with Crippen molar-refractivity contribution in [2.75, 3.05) is 6.61 Å². The van der Waals surface area contributed by atoms with Gasteiger partial charge in [-0.25, -0.2) is 15.4 Å². The van der Waals surface area contributed by atoms with Crippen molar-refractivity contribution in [3.05, 3.63) is 89.0 Å². The first-order valence-corrected chi connectivity index (χ1v) is 13.3. The highest BCUT2D eigenvalue weighted by Crippen LogP contribution is 2.32. The van der Waals surface area contributed by atoms with Gasteiger partial charge in [0.05, 0.1) is 28.9 Å². The second-order valence-electron chi connectivity index (χ2n) is 9.61. The summed E-state index contributed by atoms with van der Waals surface area (Å²) in [5.74, 6) is 0.0376. The highest BCUT2D eigenvalue weighted by Gasteiger charge is 2.30. The molecule has 2 N–H and O–H groups in total. The van der Waals surface area contributed by atoms with Crippen LogP contribution in [-0.4, -0.2) is 37.2 Å². The van der Waals surface area contributed by atoms with E-state index in [1.165, 1.54) is 22.8 Å². The minimum atomic E-state index is -4.57. The van der Waals surface area contributed by atoms with Crippen LogP contribution in [0.25, 0.3) is 38.9 Å². The van der Waals surface area contributed by atoms with Gasteiger partial charge in [0, 0.05) is 47.6 Å². The minimum absolute atomic E-state index is 0.0685. The van der Waals surface area contributed by atoms with Crippen molar-refractivity contribution >= 4 is 27.8 Å². The third kappa shape index (κ3) is 6.39. The molecule has 5 rings (SSSR count). The molecule has 4 heterocycles. The van der Waals surface area contributed by atoms with Crippen LogP contribution < -0.4 is 15.8 Å². The third-order valence-electron chi connectivity index (χ3n) is 6.70. The Hall–Kier alpha value is -4.84. The maximum Gasteiger partial charge on any atom is 0.416 e. The third-order valence-corrected chi connectivity index (χ3v) is 6.70. The zero-order chi connectivity index (χ0) is 29.7. The Morgan fingerprint density at radius 2 is 1.79 bits per heavy atom. The molecule has 0 atom stereocenters. The number of amides is 1. The van der Waals surface area contributed by atoms with Crippen LogP contribution in [0.2, 0.25) is 0 Å². The highest BCUT2D eigenvalue weighted by molar-refractivity contribution is 6.02. The molecule has 1 aromatic carbocycles. The Morgan fingerprint density at radius 3 is 2.55 bits per heavy atom. The average Bonchev–Trinajstić information content (AvgIpc) is 3.00. The molecule has 0 aliphatic heterocycles. The van der Waals surface area contributed by atoms with Crippen molar-refractivity contribution < 1.29 is 27.9 Å². The number of carbonyl (C=O) groups is 1. The van der Waals surface area contributed by atoms with E-state index in [9.17, 15) is 22.8 Å². The van der Waals surface area contributed by atoms with Gasteiger partial charge in [0.25, 0.3) is 5.56 Å². The van der Waals surface area contributed by atoms with E-state index >= 15 is 0 Å². The molecule has 0 unspecified atom stereocenters. The van der Waals surface area contributed by atoms with E-state index in [0.717, 1.165) is 31.4 Å². The molecule has 0 fully saturated rings. The topological polar surface area (TPSA) is 119 Å². The van der Waals surface area contributed by atoms with Crippen LogP contribution in [0.15, 0.2) is 77.9 Å². The molecule has 0 spiro atoms. The number of nitrogens with one attached hydrogen (secondary N) is 1. The van der Waals surface area contributed by atoms with Gasteiger partial charge in [0.2, 0.25) is 11.8 Å². The lowest BCUT2D eigenvalue weighted by molar-refractivity contribution is -0.137. The second-order valence-corrected chi connectivity index (χ2v) is 9.61. The Bertz CT molecular complexity index is 1790. The quantitative estimate of drug-likeness (QED) is 0.0925. The number of rotatable bonds is 10. The van der Waals surface area contributed by atoms with Gasteiger partial charge >= 0.3 is 6.18 Å². The summed E-state index contributed by atoms with van der Waals surface area (Å²) >= 11 is 0. The van der Waals surface area contributed by atoms with E-state index in [1.54, 1.807) is 48.2 Å². The molecule has 0 aliphatic rings. The fourth-order valence-corrected chi connectivity index (χ4v) is 4.60. The lowest BCUT2D eigenvalue weighted by Gasteiger charge is -2.14. The van der Waals surface area contributed by atoms with Crippen molar-refractivity contribution in [1.82, 2.24) is 25.0 Å². The number of carbonyl (C=O) groups excluding carboxylic acids is 1. The monoisotopic (exact) mass is 577 g/mol. The predicted octanol–water partition coefficient (Wildman–Crippen LogP) is 5.85. The number of hydrogen-bond donors (Lipinski definition) is 2. The number of hydrogen-bond acceptors (Lipinski definition) is 7. The first-order valence-electron chi connectivity index (χ1n) is 13.3. The summed E-state index contributed by atoms with van der Waals surface area (Å²) in [6, 6.07) is 14.5. The molecule has 0 radical (unpaired) electrons. The van der Waals surface area contributed by atoms with Gasteiger partial charge in [0.1, 0.15) is 5.52 Å². The van der Waals surface area contributed by atoms with Gasteiger partial charge < -0.3 is 4.74 Å². The van der Waals surface area contributed by atoms with Crippen molar-refractivity contribution in [1.29, 1.82) is 0 Å². The number of unbranched alkanes of at least 4 members (excludes halogenated alkanes) is 3. The van der Waals surface area contributed by atoms with E-state index in [4.69, 9.17) is 14.9 Å². The van der Waals surface area contributed by atoms with Crippen LogP contribution in [0.1, 0.15) is 37.7 Å². The number of alkyl halides is 3. The number of ether oxygens (including phenoxy) is 1. The largest absolute Gasteiger partial charge is 0.478 e. The van der Waals surface area contributed by atoms with Gasteiger partial charge in [0.15, 0.2) is 0 Å². The Labute approximate surface area is 237 Å². The lowest BCUT2D eigenvalue weighted by atomic mass is 10.1. The number of aromatic nitrogens is 4. The van der Waals surface area contributed by atoms with E-state index in [2.05, 4.69) is 9.97 Å². The summed E-state index contributed by atoms with van der Waals surface area (Å²) in [7, 11) is 0. The summed E-state index contributed by atoms with van der Waals surface area (Å²) in [4.78, 5) is 37.6. The molecule has 5 aromatic rings. The molecule has 0 bridgehead atoms. The van der Waals surface area contributed by atoms with Gasteiger partial charge in [-0.2, -0.15) is 13.2 Å². The number of benzene rings is 1. The number of hydroxylamine groups is 1. The molecule has 9 nitrogen and oxygen atoms in total. The number of pyridine rings is 4. The second kappa shape index (κ2) is 12.4. The molecule has 216 valence electrons. The molecule has 42 heavy (non-hydrogen) atoms. The fourth-order valence-electron chi connectivity index (χ4n) is 4.60. The average molecular weight is 578 g/mol. The van der Waals surface area contributed by atoms with Crippen LogP contribution in [-0.2, 0) is 11.0 Å². The highest BCUT2D eigenvalue weighted by atomic mass is 19.4.